The highest BCUT2D eigenvalue weighted by molar-refractivity contribution is 5.72. The molecule has 13 heteroatoms. The fourth-order valence-electron chi connectivity index (χ4n) is 6.61. The molecular weight excluding hydrogens is 642 g/mol. The van der Waals surface area contributed by atoms with Gasteiger partial charge in [0.05, 0.1) is 32.8 Å². The summed E-state index contributed by atoms with van der Waals surface area (Å²) in [5.41, 5.74) is 3.03. The van der Waals surface area contributed by atoms with Crippen LogP contribution in [0.15, 0.2) is 36.4 Å². The number of carbonyl (C=O) groups is 1. The number of hydrogen-bond donors (Lipinski definition) is 1. The van der Waals surface area contributed by atoms with Crippen LogP contribution in [0.2, 0.25) is 0 Å². The molecule has 1 heterocycles. The minimum atomic E-state index is -0.908. The molecule has 50 heavy (non-hydrogen) atoms. The molecule has 1 unspecified atom stereocenters. The highest BCUT2D eigenvalue weighted by Crippen LogP contribution is 2.44. The van der Waals surface area contributed by atoms with E-state index in [1.807, 2.05) is 36.4 Å². The van der Waals surface area contributed by atoms with E-state index in [4.69, 9.17) is 23.8 Å². The van der Waals surface area contributed by atoms with Gasteiger partial charge in [0.1, 0.15) is 18.0 Å². The molecular formula is C37H55N5O8. The summed E-state index contributed by atoms with van der Waals surface area (Å²) in [7, 11) is 6.82. The van der Waals surface area contributed by atoms with Gasteiger partial charge in [-0.15, -0.1) is 10.1 Å². The number of rotatable bonds is 22. The van der Waals surface area contributed by atoms with Crippen molar-refractivity contribution in [1.29, 1.82) is 5.26 Å². The Labute approximate surface area is 296 Å². The number of unbranched alkanes of at least 4 members (excludes halogenated alkanes) is 3. The van der Waals surface area contributed by atoms with Gasteiger partial charge in [-0.1, -0.05) is 50.8 Å². The van der Waals surface area contributed by atoms with E-state index in [9.17, 15) is 20.2 Å². The molecule has 0 bridgehead atoms. The third-order valence-corrected chi connectivity index (χ3v) is 9.52. The Kier molecular flexibility index (Phi) is 15.9. The minimum Gasteiger partial charge on any atom is -0.493 e. The molecule has 0 aromatic heterocycles. The van der Waals surface area contributed by atoms with E-state index >= 15 is 0 Å². The summed E-state index contributed by atoms with van der Waals surface area (Å²) in [5, 5.41) is 22.8. The Balaban J connectivity index is 1.70. The molecule has 2 aromatic rings. The summed E-state index contributed by atoms with van der Waals surface area (Å²) in [5.74, 6) is 2.09. The number of benzene rings is 2. The molecule has 0 radical (unpaired) electrons. The van der Waals surface area contributed by atoms with Crippen LogP contribution in [0.1, 0.15) is 82.8 Å². The van der Waals surface area contributed by atoms with Gasteiger partial charge in [-0.25, -0.2) is 5.01 Å². The molecule has 0 saturated carbocycles. The van der Waals surface area contributed by atoms with Crippen LogP contribution in [-0.4, -0.2) is 87.7 Å². The zero-order chi connectivity index (χ0) is 36.6. The SMILES string of the molecule is CCCCCCC(C#N)(CCCN(C)CCc1ccccc1OC1(CO[N+](=O)[O-])CCN(NC(C)=O)CC1)c1cc(OC)c(OC)c(OC)c1. The van der Waals surface area contributed by atoms with E-state index in [1.165, 1.54) is 6.92 Å². The van der Waals surface area contributed by atoms with Crippen LogP contribution in [0.5, 0.6) is 23.0 Å². The fourth-order valence-corrected chi connectivity index (χ4v) is 6.61. The second-order valence-corrected chi connectivity index (χ2v) is 13.1. The first-order valence-electron chi connectivity index (χ1n) is 17.5. The van der Waals surface area contributed by atoms with Crippen molar-refractivity contribution in [2.45, 2.75) is 89.1 Å². The van der Waals surface area contributed by atoms with Crippen LogP contribution < -0.4 is 24.4 Å². The van der Waals surface area contributed by atoms with Gasteiger partial charge < -0.3 is 28.7 Å². The van der Waals surface area contributed by atoms with Crippen molar-refractivity contribution in [3.05, 3.63) is 57.6 Å². The predicted molar refractivity (Wildman–Crippen MR) is 190 cm³/mol. The number of ether oxygens (including phenoxy) is 4. The van der Waals surface area contributed by atoms with E-state index in [0.717, 1.165) is 62.7 Å². The summed E-state index contributed by atoms with van der Waals surface area (Å²) < 4.78 is 23.4. The van der Waals surface area contributed by atoms with Crippen molar-refractivity contribution in [2.24, 2.45) is 0 Å². The van der Waals surface area contributed by atoms with Crippen molar-refractivity contribution in [1.82, 2.24) is 15.3 Å². The first kappa shape index (κ1) is 40.2. The van der Waals surface area contributed by atoms with E-state index in [2.05, 4.69) is 30.4 Å². The number of hydrazine groups is 1. The summed E-state index contributed by atoms with van der Waals surface area (Å²) in [4.78, 5) is 29.8. The van der Waals surface area contributed by atoms with Crippen molar-refractivity contribution >= 4 is 5.91 Å². The highest BCUT2D eigenvalue weighted by atomic mass is 17.0. The lowest BCUT2D eigenvalue weighted by Crippen LogP contribution is -2.55. The second-order valence-electron chi connectivity index (χ2n) is 13.1. The normalized spacial score (nSPS) is 15.4. The first-order chi connectivity index (χ1) is 24.0. The number of likely N-dealkylation sites (N-methyl/N-ethyl adjacent to an activating group) is 1. The molecule has 1 amide bonds. The van der Waals surface area contributed by atoms with Crippen LogP contribution in [0, 0.1) is 21.4 Å². The monoisotopic (exact) mass is 697 g/mol. The van der Waals surface area contributed by atoms with E-state index < -0.39 is 16.1 Å². The molecule has 276 valence electrons. The summed E-state index contributed by atoms with van der Waals surface area (Å²) in [6, 6.07) is 14.3. The van der Waals surface area contributed by atoms with Crippen molar-refractivity contribution < 1.29 is 33.7 Å². The van der Waals surface area contributed by atoms with Crippen LogP contribution in [-0.2, 0) is 21.5 Å². The predicted octanol–water partition coefficient (Wildman–Crippen LogP) is 5.87. The summed E-state index contributed by atoms with van der Waals surface area (Å²) in [6.07, 6.45) is 8.07. The molecule has 13 nitrogen and oxygen atoms in total. The van der Waals surface area contributed by atoms with Gasteiger partial charge >= 0.3 is 0 Å². The Hall–Kier alpha value is -4.28. The van der Waals surface area contributed by atoms with Gasteiger partial charge in [-0.05, 0) is 68.6 Å². The maximum Gasteiger partial charge on any atom is 0.294 e. The number of methoxy groups -OCH3 is 3. The lowest BCUT2D eigenvalue weighted by molar-refractivity contribution is -0.760. The third kappa shape index (κ3) is 11.4. The number of hydrogen-bond acceptors (Lipinski definition) is 11. The highest BCUT2D eigenvalue weighted by Gasteiger charge is 2.39. The molecule has 1 fully saturated rings. The standard InChI is InChI=1S/C37H55N5O8/c1-7-8-9-12-17-36(27-38,31-25-33(46-4)35(48-6)34(26-31)47-5)18-13-21-40(3)22-16-30-14-10-11-15-32(30)50-37(28-49-42(44)45)19-23-41(24-20-37)39-29(2)43/h10-11,14-15,25-26H,7-9,12-13,16-24,28H2,1-6H3,(H,39,43). The van der Waals surface area contributed by atoms with Gasteiger partial charge in [0.15, 0.2) is 11.5 Å². The van der Waals surface area contributed by atoms with Gasteiger partial charge in [0.2, 0.25) is 11.7 Å². The van der Waals surface area contributed by atoms with Crippen LogP contribution in [0.25, 0.3) is 0 Å². The number of nitrogens with one attached hydrogen (secondary N) is 1. The maximum absolute atomic E-state index is 11.5. The average Bonchev–Trinajstić information content (AvgIpc) is 3.11. The molecule has 0 aliphatic carbocycles. The second kappa shape index (κ2) is 19.8. The van der Waals surface area contributed by atoms with Crippen molar-refractivity contribution in [3.63, 3.8) is 0 Å². The zero-order valence-electron chi connectivity index (χ0n) is 30.6. The van der Waals surface area contributed by atoms with Crippen LogP contribution in [0.3, 0.4) is 0 Å². The van der Waals surface area contributed by atoms with Gasteiger partial charge in [0, 0.05) is 39.4 Å². The topological polar surface area (TPSA) is 149 Å². The Morgan fingerprint density at radius 3 is 2.26 bits per heavy atom. The van der Waals surface area contributed by atoms with Gasteiger partial charge in [-0.3, -0.25) is 10.2 Å². The summed E-state index contributed by atoms with van der Waals surface area (Å²) in [6.45, 7) is 5.91. The Morgan fingerprint density at radius 1 is 1.02 bits per heavy atom. The van der Waals surface area contributed by atoms with E-state index in [1.54, 1.807) is 26.3 Å². The number of carbonyl (C=O) groups excluding carboxylic acids is 1. The van der Waals surface area contributed by atoms with Crippen molar-refractivity contribution in [2.75, 3.05) is 61.2 Å². The lowest BCUT2D eigenvalue weighted by atomic mass is 9.73. The summed E-state index contributed by atoms with van der Waals surface area (Å²) >= 11 is 0. The number of amides is 1. The van der Waals surface area contributed by atoms with Crippen molar-refractivity contribution in [3.8, 4) is 29.1 Å². The number of nitrogens with zero attached hydrogens (tertiary/aromatic N) is 4. The lowest BCUT2D eigenvalue weighted by Gasteiger charge is -2.41. The van der Waals surface area contributed by atoms with E-state index in [0.29, 0.717) is 61.8 Å². The van der Waals surface area contributed by atoms with Crippen LogP contribution in [0.4, 0.5) is 0 Å². The number of para-hydroxylation sites is 1. The molecule has 2 aromatic carbocycles. The Morgan fingerprint density at radius 2 is 1.68 bits per heavy atom. The van der Waals surface area contributed by atoms with E-state index in [-0.39, 0.29) is 12.5 Å². The number of piperidine rings is 1. The van der Waals surface area contributed by atoms with Gasteiger partial charge in [-0.2, -0.15) is 5.26 Å². The first-order valence-corrected chi connectivity index (χ1v) is 17.5. The Bertz CT molecular complexity index is 1400. The molecule has 1 aliphatic heterocycles. The van der Waals surface area contributed by atoms with Crippen LogP contribution >= 0.6 is 0 Å². The zero-order valence-corrected chi connectivity index (χ0v) is 30.6. The fraction of sp³-hybridized carbons (Fsp3) is 0.622. The minimum absolute atomic E-state index is 0.166. The average molecular weight is 698 g/mol. The van der Waals surface area contributed by atoms with Gasteiger partial charge in [0.25, 0.3) is 5.09 Å². The molecule has 3 rings (SSSR count). The molecule has 1 N–H and O–H groups in total. The maximum atomic E-state index is 11.5. The smallest absolute Gasteiger partial charge is 0.294 e. The molecule has 1 aliphatic rings. The number of nitriles is 1. The molecule has 1 atom stereocenters. The quantitative estimate of drug-likeness (QED) is 0.0894. The largest absolute Gasteiger partial charge is 0.493 e. The third-order valence-electron chi connectivity index (χ3n) is 9.52. The molecule has 0 spiro atoms. The molecule has 1 saturated heterocycles.